The maximum Gasteiger partial charge on any atom is 0.137 e. The van der Waals surface area contributed by atoms with Gasteiger partial charge in [0, 0.05) is 6.54 Å². The predicted molar refractivity (Wildman–Crippen MR) is 65.2 cm³/mol. The van der Waals surface area contributed by atoms with Crippen LogP contribution in [0.3, 0.4) is 0 Å². The van der Waals surface area contributed by atoms with Crippen molar-refractivity contribution in [1.82, 2.24) is 5.32 Å². The molecule has 0 bridgehead atoms. The van der Waals surface area contributed by atoms with Gasteiger partial charge in [-0.25, -0.2) is 4.39 Å². The number of rotatable bonds is 5. The fourth-order valence-electron chi connectivity index (χ4n) is 1.23. The van der Waals surface area contributed by atoms with E-state index in [4.69, 9.17) is 0 Å². The van der Waals surface area contributed by atoms with Gasteiger partial charge < -0.3 is 5.32 Å². The Morgan fingerprint density at radius 1 is 1.47 bits per heavy atom. The van der Waals surface area contributed by atoms with Gasteiger partial charge in [0.2, 0.25) is 0 Å². The minimum Gasteiger partial charge on any atom is -0.312 e. The fraction of sp³-hybridized carbons (Fsp3) is 0.333. The summed E-state index contributed by atoms with van der Waals surface area (Å²) in [6.07, 6.45) is 5.14. The molecule has 0 atom stereocenters. The number of hydrogen-bond acceptors (Lipinski definition) is 1. The third-order valence-corrected chi connectivity index (χ3v) is 2.68. The summed E-state index contributed by atoms with van der Waals surface area (Å²) in [7, 11) is 0. The first-order chi connectivity index (χ1) is 7.24. The van der Waals surface area contributed by atoms with E-state index in [1.807, 2.05) is 19.1 Å². The lowest BCUT2D eigenvalue weighted by molar-refractivity contribution is 0.614. The molecule has 1 aromatic rings. The van der Waals surface area contributed by atoms with Crippen LogP contribution in [-0.4, -0.2) is 6.54 Å². The Morgan fingerprint density at radius 2 is 2.27 bits per heavy atom. The molecule has 0 unspecified atom stereocenters. The first-order valence-electron chi connectivity index (χ1n) is 5.00. The molecule has 0 aliphatic heterocycles. The van der Waals surface area contributed by atoms with E-state index in [9.17, 15) is 4.39 Å². The zero-order valence-corrected chi connectivity index (χ0v) is 10.3. The molecule has 3 heteroatoms. The quantitative estimate of drug-likeness (QED) is 0.637. The largest absolute Gasteiger partial charge is 0.312 e. The Morgan fingerprint density at radius 3 is 2.93 bits per heavy atom. The highest BCUT2D eigenvalue weighted by atomic mass is 79.9. The zero-order valence-electron chi connectivity index (χ0n) is 8.76. The lowest BCUT2D eigenvalue weighted by atomic mass is 10.2. The van der Waals surface area contributed by atoms with Gasteiger partial charge >= 0.3 is 0 Å². The zero-order chi connectivity index (χ0) is 11.1. The standard InChI is InChI=1S/C12H15BrFN/c1-2-3-4-7-15-9-10-5-6-11(13)12(14)8-10/h2-3,5-6,8,15H,4,7,9H2,1H3/b3-2+. The fourth-order valence-corrected chi connectivity index (χ4v) is 1.48. The summed E-state index contributed by atoms with van der Waals surface area (Å²) in [6.45, 7) is 3.63. The second kappa shape index (κ2) is 6.75. The lowest BCUT2D eigenvalue weighted by Crippen LogP contribution is -2.14. The van der Waals surface area contributed by atoms with Crippen LogP contribution in [0.1, 0.15) is 18.9 Å². The van der Waals surface area contributed by atoms with Crippen molar-refractivity contribution in [3.63, 3.8) is 0 Å². The molecule has 0 saturated carbocycles. The van der Waals surface area contributed by atoms with Crippen LogP contribution >= 0.6 is 15.9 Å². The minimum atomic E-state index is -0.206. The number of allylic oxidation sites excluding steroid dienone is 1. The molecule has 0 fully saturated rings. The van der Waals surface area contributed by atoms with Gasteiger partial charge in [-0.3, -0.25) is 0 Å². The monoisotopic (exact) mass is 271 g/mol. The van der Waals surface area contributed by atoms with E-state index < -0.39 is 0 Å². The smallest absolute Gasteiger partial charge is 0.137 e. The van der Waals surface area contributed by atoms with E-state index in [-0.39, 0.29) is 5.82 Å². The molecule has 82 valence electrons. The minimum absolute atomic E-state index is 0.206. The Hall–Kier alpha value is -0.670. The molecule has 0 aliphatic carbocycles. The summed E-state index contributed by atoms with van der Waals surface area (Å²) in [4.78, 5) is 0. The average Bonchev–Trinajstić information content (AvgIpc) is 2.23. The van der Waals surface area contributed by atoms with E-state index in [0.717, 1.165) is 18.5 Å². The van der Waals surface area contributed by atoms with E-state index in [1.165, 1.54) is 0 Å². The number of hydrogen-bond donors (Lipinski definition) is 1. The van der Waals surface area contributed by atoms with Gasteiger partial charge in [0.1, 0.15) is 5.82 Å². The molecule has 1 rings (SSSR count). The van der Waals surface area contributed by atoms with Crippen LogP contribution in [0.15, 0.2) is 34.8 Å². The molecule has 0 amide bonds. The first-order valence-corrected chi connectivity index (χ1v) is 5.79. The van der Waals surface area contributed by atoms with Gasteiger partial charge in [-0.15, -0.1) is 0 Å². The molecule has 0 saturated heterocycles. The molecule has 0 heterocycles. The second-order valence-electron chi connectivity index (χ2n) is 3.28. The van der Waals surface area contributed by atoms with Crippen LogP contribution < -0.4 is 5.32 Å². The maximum atomic E-state index is 13.1. The molecule has 1 aromatic carbocycles. The van der Waals surface area contributed by atoms with Gasteiger partial charge in [0.15, 0.2) is 0 Å². The highest BCUT2D eigenvalue weighted by Crippen LogP contribution is 2.16. The molecular formula is C12H15BrFN. The SMILES string of the molecule is C/C=C/CCNCc1ccc(Br)c(F)c1. The predicted octanol–water partition coefficient (Wildman–Crippen LogP) is 3.64. The summed E-state index contributed by atoms with van der Waals surface area (Å²) in [6, 6.07) is 5.20. The van der Waals surface area contributed by atoms with Gasteiger partial charge in [-0.1, -0.05) is 18.2 Å². The van der Waals surface area contributed by atoms with Gasteiger partial charge in [0.25, 0.3) is 0 Å². The van der Waals surface area contributed by atoms with Gasteiger partial charge in [-0.2, -0.15) is 0 Å². The molecule has 0 radical (unpaired) electrons. The average molecular weight is 272 g/mol. The normalized spacial score (nSPS) is 11.1. The Bertz CT molecular complexity index is 336. The van der Waals surface area contributed by atoms with Crippen LogP contribution in [0, 0.1) is 5.82 Å². The van der Waals surface area contributed by atoms with Crippen molar-refractivity contribution in [2.45, 2.75) is 19.9 Å². The molecule has 0 spiro atoms. The van der Waals surface area contributed by atoms with Crippen molar-refractivity contribution in [3.8, 4) is 0 Å². The second-order valence-corrected chi connectivity index (χ2v) is 4.14. The third-order valence-electron chi connectivity index (χ3n) is 2.04. The number of benzene rings is 1. The van der Waals surface area contributed by atoms with Gasteiger partial charge in [0.05, 0.1) is 4.47 Å². The highest BCUT2D eigenvalue weighted by Gasteiger charge is 1.99. The summed E-state index contributed by atoms with van der Waals surface area (Å²) in [5, 5.41) is 3.25. The molecule has 1 nitrogen and oxygen atoms in total. The van der Waals surface area contributed by atoms with Crippen LogP contribution in [0.5, 0.6) is 0 Å². The highest BCUT2D eigenvalue weighted by molar-refractivity contribution is 9.10. The maximum absolute atomic E-state index is 13.1. The van der Waals surface area contributed by atoms with E-state index in [0.29, 0.717) is 11.0 Å². The number of halogens is 2. The van der Waals surface area contributed by atoms with Crippen molar-refractivity contribution >= 4 is 15.9 Å². The Kier molecular flexibility index (Phi) is 5.58. The number of nitrogens with one attached hydrogen (secondary N) is 1. The molecule has 15 heavy (non-hydrogen) atoms. The molecule has 1 N–H and O–H groups in total. The summed E-state index contributed by atoms with van der Waals surface area (Å²) < 4.78 is 13.6. The molecule has 0 aliphatic rings. The van der Waals surface area contributed by atoms with E-state index in [1.54, 1.807) is 12.1 Å². The van der Waals surface area contributed by atoms with Crippen molar-refractivity contribution < 1.29 is 4.39 Å². The summed E-state index contributed by atoms with van der Waals surface area (Å²) >= 11 is 3.13. The van der Waals surface area contributed by atoms with Crippen LogP contribution in [-0.2, 0) is 6.54 Å². The Labute approximate surface area is 98.5 Å². The molecule has 0 aromatic heterocycles. The van der Waals surface area contributed by atoms with Crippen molar-refractivity contribution in [2.75, 3.05) is 6.54 Å². The van der Waals surface area contributed by atoms with E-state index in [2.05, 4.69) is 27.3 Å². The summed E-state index contributed by atoms with van der Waals surface area (Å²) in [5.41, 5.74) is 0.969. The van der Waals surface area contributed by atoms with Crippen LogP contribution in [0.4, 0.5) is 4.39 Å². The van der Waals surface area contributed by atoms with Crippen molar-refractivity contribution in [3.05, 3.63) is 46.2 Å². The third kappa shape index (κ3) is 4.58. The Balaban J connectivity index is 2.34. The first kappa shape index (κ1) is 12.4. The van der Waals surface area contributed by atoms with Crippen molar-refractivity contribution in [1.29, 1.82) is 0 Å². The van der Waals surface area contributed by atoms with Gasteiger partial charge in [-0.05, 0) is 53.5 Å². The van der Waals surface area contributed by atoms with Crippen molar-refractivity contribution in [2.24, 2.45) is 0 Å². The topological polar surface area (TPSA) is 12.0 Å². The molecular weight excluding hydrogens is 257 g/mol. The van der Waals surface area contributed by atoms with E-state index >= 15 is 0 Å². The lowest BCUT2D eigenvalue weighted by Gasteiger charge is -2.04. The summed E-state index contributed by atoms with van der Waals surface area (Å²) in [5.74, 6) is -0.206. The van der Waals surface area contributed by atoms with Crippen LogP contribution in [0.2, 0.25) is 0 Å². The van der Waals surface area contributed by atoms with Crippen LogP contribution in [0.25, 0.3) is 0 Å².